The van der Waals surface area contributed by atoms with Crippen LogP contribution in [-0.4, -0.2) is 89.0 Å². The van der Waals surface area contributed by atoms with Crippen LogP contribution in [-0.2, 0) is 11.3 Å². The summed E-state index contributed by atoms with van der Waals surface area (Å²) in [7, 11) is 0. The van der Waals surface area contributed by atoms with Gasteiger partial charge in [0.25, 0.3) is 5.91 Å². The van der Waals surface area contributed by atoms with Gasteiger partial charge in [0.1, 0.15) is 29.2 Å². The number of nitrogens with one attached hydrogen (secondary N) is 2. The summed E-state index contributed by atoms with van der Waals surface area (Å²) in [6.07, 6.45) is 2.56. The molecule has 1 spiro atoms. The van der Waals surface area contributed by atoms with Crippen LogP contribution in [0.25, 0.3) is 21.2 Å². The van der Waals surface area contributed by atoms with Crippen LogP contribution < -0.4 is 14.9 Å². The molecule has 11 nitrogen and oxygen atoms in total. The molecule has 0 bridgehead atoms. The van der Waals surface area contributed by atoms with Gasteiger partial charge in [0.05, 0.1) is 35.8 Å². The summed E-state index contributed by atoms with van der Waals surface area (Å²) in [6.45, 7) is 5.77. The van der Waals surface area contributed by atoms with Crippen molar-refractivity contribution in [2.75, 3.05) is 52.5 Å². The van der Waals surface area contributed by atoms with Crippen molar-refractivity contribution in [3.63, 3.8) is 0 Å². The lowest BCUT2D eigenvalue weighted by Crippen LogP contribution is -2.58. The molecule has 2 aromatic heterocycles. The lowest BCUT2D eigenvalue weighted by Gasteiger charge is -2.47. The monoisotopic (exact) mass is 658 g/mol. The number of aromatic hydroxyl groups is 1. The second-order valence-electron chi connectivity index (χ2n) is 12.3. The number of phenols is 1. The maximum atomic E-state index is 13.3. The van der Waals surface area contributed by atoms with Crippen molar-refractivity contribution < 1.29 is 28.9 Å². The fraction of sp³-hybridized carbons (Fsp3) is 0.371. The van der Waals surface area contributed by atoms with Gasteiger partial charge >= 0.3 is 4.87 Å². The minimum Gasteiger partial charge on any atom is -0.506 e. The van der Waals surface area contributed by atoms with Gasteiger partial charge in [-0.1, -0.05) is 29.5 Å². The topological polar surface area (TPSA) is 140 Å². The molecule has 7 rings (SSSR count). The Morgan fingerprint density at radius 2 is 1.91 bits per heavy atom. The second-order valence-corrected chi connectivity index (χ2v) is 13.3. The smallest absolute Gasteiger partial charge is 0.305 e. The van der Waals surface area contributed by atoms with Gasteiger partial charge in [-0.3, -0.25) is 14.5 Å². The van der Waals surface area contributed by atoms with Gasteiger partial charge in [0.2, 0.25) is 0 Å². The van der Waals surface area contributed by atoms with Crippen molar-refractivity contribution in [3.05, 3.63) is 93.3 Å². The van der Waals surface area contributed by atoms with Crippen molar-refractivity contribution >= 4 is 38.4 Å². The van der Waals surface area contributed by atoms with Crippen LogP contribution in [0.15, 0.2) is 76.1 Å². The van der Waals surface area contributed by atoms with E-state index in [1.54, 1.807) is 12.3 Å². The maximum Gasteiger partial charge on any atom is 0.305 e. The number of hydrogen-bond donors (Lipinski definition) is 4. The molecule has 0 aliphatic carbocycles. The van der Waals surface area contributed by atoms with Gasteiger partial charge in [-0.25, -0.2) is 0 Å². The third-order valence-electron chi connectivity index (χ3n) is 9.22. The predicted molar refractivity (Wildman–Crippen MR) is 179 cm³/mol. The fourth-order valence-electron chi connectivity index (χ4n) is 6.55. The molecular weight excluding hydrogens is 620 g/mol. The van der Waals surface area contributed by atoms with E-state index in [9.17, 15) is 19.8 Å². The number of rotatable bonds is 10. The first kappa shape index (κ1) is 31.4. The van der Waals surface area contributed by atoms with E-state index >= 15 is 0 Å². The number of aliphatic hydroxyl groups is 1. The minimum absolute atomic E-state index is 0.00903. The van der Waals surface area contributed by atoms with E-state index in [0.717, 1.165) is 66.1 Å². The highest BCUT2D eigenvalue weighted by atomic mass is 32.1. The number of furan rings is 1. The molecule has 2 aliphatic heterocycles. The lowest BCUT2D eigenvalue weighted by atomic mass is 9.89. The molecule has 246 valence electrons. The first-order chi connectivity index (χ1) is 22.9. The molecule has 1 atom stereocenters. The number of carbonyl (C=O) groups excluding carboxylic acids is 1. The normalized spacial score (nSPS) is 17.4. The minimum atomic E-state index is -0.827. The van der Waals surface area contributed by atoms with E-state index in [2.05, 4.69) is 15.2 Å². The number of fused-ring (bicyclic) bond motifs is 2. The van der Waals surface area contributed by atoms with Crippen LogP contribution in [0.5, 0.6) is 11.5 Å². The molecule has 1 unspecified atom stereocenters. The number of H-pyrrole nitrogens is 1. The van der Waals surface area contributed by atoms with E-state index in [1.807, 2.05) is 53.4 Å². The Hall–Kier alpha value is -4.20. The highest BCUT2D eigenvalue weighted by molar-refractivity contribution is 7.16. The number of nitrogens with zero attached hydrogens (tertiary/aromatic N) is 2. The summed E-state index contributed by atoms with van der Waals surface area (Å²) in [5, 5.41) is 24.9. The highest BCUT2D eigenvalue weighted by Crippen LogP contribution is 2.32. The predicted octanol–water partition coefficient (Wildman–Crippen LogP) is 4.25. The molecule has 0 radical (unpaired) electrons. The molecule has 4 N–H and O–H groups in total. The Bertz CT molecular complexity index is 1910. The molecule has 0 saturated carbocycles. The van der Waals surface area contributed by atoms with E-state index in [0.29, 0.717) is 60.7 Å². The summed E-state index contributed by atoms with van der Waals surface area (Å²) >= 11 is 0.977. The zero-order valence-corrected chi connectivity index (χ0v) is 26.8. The summed E-state index contributed by atoms with van der Waals surface area (Å²) in [5.41, 5.74) is 3.17. The lowest BCUT2D eigenvalue weighted by molar-refractivity contribution is -0.127. The van der Waals surface area contributed by atoms with Gasteiger partial charge < -0.3 is 39.3 Å². The van der Waals surface area contributed by atoms with Crippen LogP contribution in [0.2, 0.25) is 0 Å². The summed E-state index contributed by atoms with van der Waals surface area (Å²) in [5.74, 6) is 0.832. The Kier molecular flexibility index (Phi) is 9.02. The van der Waals surface area contributed by atoms with Crippen LogP contribution in [0.1, 0.15) is 40.4 Å². The molecule has 47 heavy (non-hydrogen) atoms. The highest BCUT2D eigenvalue weighted by Gasteiger charge is 2.41. The van der Waals surface area contributed by atoms with E-state index < -0.39 is 6.10 Å². The van der Waals surface area contributed by atoms with Crippen molar-refractivity contribution in [1.29, 1.82) is 0 Å². The zero-order valence-electron chi connectivity index (χ0n) is 25.9. The molecule has 2 aliphatic rings. The summed E-state index contributed by atoms with van der Waals surface area (Å²) < 4.78 is 18.3. The average Bonchev–Trinajstić information content (AvgIpc) is 3.73. The first-order valence-electron chi connectivity index (χ1n) is 15.9. The number of hydrogen-bond acceptors (Lipinski definition) is 10. The van der Waals surface area contributed by atoms with Gasteiger partial charge in [-0.05, 0) is 60.9 Å². The first-order valence-corrected chi connectivity index (χ1v) is 16.8. The Balaban J connectivity index is 0.832. The van der Waals surface area contributed by atoms with Crippen molar-refractivity contribution in [2.24, 2.45) is 0 Å². The molecule has 1 amide bonds. The number of benzene rings is 3. The largest absolute Gasteiger partial charge is 0.506 e. The van der Waals surface area contributed by atoms with Crippen molar-refractivity contribution in [1.82, 2.24) is 20.1 Å². The Morgan fingerprint density at radius 3 is 2.74 bits per heavy atom. The molecule has 5 aromatic rings. The average molecular weight is 659 g/mol. The fourth-order valence-corrected chi connectivity index (χ4v) is 7.47. The second kappa shape index (κ2) is 13.5. The molecule has 2 saturated heterocycles. The molecule has 2 fully saturated rings. The maximum absolute atomic E-state index is 13.3. The summed E-state index contributed by atoms with van der Waals surface area (Å²) in [4.78, 5) is 31.7. The third kappa shape index (κ3) is 6.92. The number of piperidine rings is 1. The number of morpholine rings is 1. The summed E-state index contributed by atoms with van der Waals surface area (Å²) in [6, 6.07) is 18.5. The zero-order chi connectivity index (χ0) is 32.4. The molecule has 3 aromatic carbocycles. The SMILES string of the molecule is O=C(c1ccc2occc2c1)N1CCOC2(CCN(CCOc3ccc(CNCC(O)c4ccc(O)c5[nH]c(=O)sc45)cc3)CC2)C1. The number of likely N-dealkylation sites (tertiary alicyclic amines) is 1. The third-order valence-corrected chi connectivity index (χ3v) is 10.1. The Morgan fingerprint density at radius 1 is 1.09 bits per heavy atom. The molecular formula is C35H38N4O7S. The van der Waals surface area contributed by atoms with Gasteiger partial charge in [-0.2, -0.15) is 0 Å². The quantitative estimate of drug-likeness (QED) is 0.173. The van der Waals surface area contributed by atoms with Gasteiger partial charge in [0, 0.05) is 55.8 Å². The van der Waals surface area contributed by atoms with E-state index in [4.69, 9.17) is 13.9 Å². The van der Waals surface area contributed by atoms with Crippen molar-refractivity contribution in [3.8, 4) is 11.5 Å². The number of thiazole rings is 1. The van der Waals surface area contributed by atoms with Crippen LogP contribution in [0.3, 0.4) is 0 Å². The van der Waals surface area contributed by atoms with Gasteiger partial charge in [0.15, 0.2) is 0 Å². The molecule has 12 heteroatoms. The Labute approximate surface area is 275 Å². The molecule has 4 heterocycles. The number of aromatic amines is 1. The number of carbonyl (C=O) groups is 1. The van der Waals surface area contributed by atoms with E-state index in [1.165, 1.54) is 6.07 Å². The van der Waals surface area contributed by atoms with E-state index in [-0.39, 0.29) is 22.1 Å². The number of aliphatic hydroxyl groups excluding tert-OH is 1. The number of amides is 1. The number of aromatic nitrogens is 1. The number of phenolic OH excluding ortho intramolecular Hbond substituents is 1. The van der Waals surface area contributed by atoms with Crippen LogP contribution in [0, 0.1) is 0 Å². The number of ether oxygens (including phenoxy) is 2. The standard InChI is InChI=1S/C35H38N4O7S/c40-28-7-6-27(32-31(28)37-34(43)47-32)29(41)21-36-20-23-1-4-26(5-2-23)44-17-14-38-12-10-35(11-13-38)22-39(15-18-46-35)33(42)25-3-8-30-24(19-25)9-16-45-30/h1-9,16,19,29,36,40-41H,10-15,17-18,20-22H2,(H,37,43). The van der Waals surface area contributed by atoms with Gasteiger partial charge in [-0.15, -0.1) is 0 Å². The van der Waals surface area contributed by atoms with Crippen LogP contribution >= 0.6 is 11.3 Å². The van der Waals surface area contributed by atoms with Crippen molar-refractivity contribution in [2.45, 2.75) is 31.1 Å². The van der Waals surface area contributed by atoms with Crippen LogP contribution in [0.4, 0.5) is 0 Å².